The van der Waals surface area contributed by atoms with E-state index in [4.69, 9.17) is 10.5 Å². The number of benzene rings is 1. The third-order valence-electron chi connectivity index (χ3n) is 3.20. The molecule has 116 valence electrons. The molecule has 0 fully saturated rings. The van der Waals surface area contributed by atoms with Crippen molar-refractivity contribution in [3.05, 3.63) is 42.0 Å². The van der Waals surface area contributed by atoms with Gasteiger partial charge in [-0.15, -0.1) is 0 Å². The third-order valence-corrected chi connectivity index (χ3v) is 3.20. The van der Waals surface area contributed by atoms with E-state index in [0.29, 0.717) is 6.61 Å². The third kappa shape index (κ3) is 8.90. The van der Waals surface area contributed by atoms with Crippen LogP contribution in [-0.4, -0.2) is 12.5 Å². The molecular weight excluding hydrogens is 262 g/mol. The largest absolute Gasteiger partial charge is 0.494 e. The molecule has 0 aromatic heterocycles. The van der Waals surface area contributed by atoms with Crippen LogP contribution in [0.15, 0.2) is 36.4 Å². The molecule has 0 unspecified atom stereocenters. The minimum atomic E-state index is -0.318. The molecule has 1 rings (SSSR count). The van der Waals surface area contributed by atoms with Crippen molar-refractivity contribution in [2.24, 2.45) is 5.73 Å². The van der Waals surface area contributed by atoms with E-state index < -0.39 is 0 Å². The summed E-state index contributed by atoms with van der Waals surface area (Å²) in [6.07, 6.45) is 11.8. The van der Waals surface area contributed by atoms with Crippen molar-refractivity contribution in [3.8, 4) is 5.75 Å². The fraction of sp³-hybridized carbons (Fsp3) is 0.500. The van der Waals surface area contributed by atoms with Crippen LogP contribution in [-0.2, 0) is 11.2 Å². The Hall–Kier alpha value is -1.77. The Morgan fingerprint density at radius 1 is 1.19 bits per heavy atom. The highest BCUT2D eigenvalue weighted by atomic mass is 16.5. The van der Waals surface area contributed by atoms with Crippen LogP contribution >= 0.6 is 0 Å². The topological polar surface area (TPSA) is 52.3 Å². The van der Waals surface area contributed by atoms with Gasteiger partial charge in [-0.1, -0.05) is 44.1 Å². The minimum Gasteiger partial charge on any atom is -0.494 e. The summed E-state index contributed by atoms with van der Waals surface area (Å²) in [5.74, 6) is 0.495. The van der Waals surface area contributed by atoms with Gasteiger partial charge in [-0.3, -0.25) is 4.79 Å². The average molecular weight is 289 g/mol. The molecule has 0 saturated carbocycles. The van der Waals surface area contributed by atoms with Gasteiger partial charge in [-0.25, -0.2) is 0 Å². The zero-order valence-electron chi connectivity index (χ0n) is 13.0. The highest BCUT2D eigenvalue weighted by molar-refractivity contribution is 5.76. The van der Waals surface area contributed by atoms with Crippen LogP contribution in [0.25, 0.3) is 0 Å². The maximum Gasteiger partial charge on any atom is 0.221 e. The van der Waals surface area contributed by atoms with Crippen LogP contribution in [0, 0.1) is 0 Å². The van der Waals surface area contributed by atoms with Crippen LogP contribution in [0.3, 0.4) is 0 Å². The standard InChI is InChI=1S/C18H27NO2/c1-2-3-4-5-6-7-8-9-13-21-17-12-10-11-16(14-17)15-18(19)20/h5-6,10-12,14H,2-4,7-9,13,15H2,1H3,(H2,19,20)/b6-5-. The van der Waals surface area contributed by atoms with E-state index in [9.17, 15) is 4.79 Å². The highest BCUT2D eigenvalue weighted by Gasteiger charge is 2.00. The number of primary amides is 1. The van der Waals surface area contributed by atoms with Crippen LogP contribution in [0.4, 0.5) is 0 Å². The second-order valence-electron chi connectivity index (χ2n) is 5.25. The van der Waals surface area contributed by atoms with Crippen LogP contribution < -0.4 is 10.5 Å². The second-order valence-corrected chi connectivity index (χ2v) is 5.25. The van der Waals surface area contributed by atoms with Crippen molar-refractivity contribution in [1.82, 2.24) is 0 Å². The zero-order valence-corrected chi connectivity index (χ0v) is 13.0. The van der Waals surface area contributed by atoms with Crippen LogP contribution in [0.2, 0.25) is 0 Å². The molecule has 3 nitrogen and oxygen atoms in total. The summed E-state index contributed by atoms with van der Waals surface area (Å²) in [6.45, 7) is 2.92. The van der Waals surface area contributed by atoms with E-state index >= 15 is 0 Å². The Morgan fingerprint density at radius 3 is 2.67 bits per heavy atom. The number of carbonyl (C=O) groups is 1. The van der Waals surface area contributed by atoms with Gasteiger partial charge in [0, 0.05) is 0 Å². The van der Waals surface area contributed by atoms with Gasteiger partial charge in [0.05, 0.1) is 13.0 Å². The maximum atomic E-state index is 10.9. The first-order valence-electron chi connectivity index (χ1n) is 7.87. The van der Waals surface area contributed by atoms with Crippen LogP contribution in [0.5, 0.6) is 5.75 Å². The van der Waals surface area contributed by atoms with E-state index in [0.717, 1.165) is 30.6 Å². The van der Waals surface area contributed by atoms with Gasteiger partial charge in [0.25, 0.3) is 0 Å². The van der Waals surface area contributed by atoms with Gasteiger partial charge in [0.2, 0.25) is 5.91 Å². The lowest BCUT2D eigenvalue weighted by molar-refractivity contribution is -0.117. The summed E-state index contributed by atoms with van der Waals surface area (Å²) in [7, 11) is 0. The average Bonchev–Trinajstić information content (AvgIpc) is 2.45. The van der Waals surface area contributed by atoms with Crippen molar-refractivity contribution in [1.29, 1.82) is 0 Å². The maximum absolute atomic E-state index is 10.9. The van der Waals surface area contributed by atoms with E-state index in [1.165, 1.54) is 19.3 Å². The van der Waals surface area contributed by atoms with Crippen molar-refractivity contribution in [2.45, 2.75) is 51.9 Å². The van der Waals surface area contributed by atoms with Gasteiger partial charge < -0.3 is 10.5 Å². The van der Waals surface area contributed by atoms with Gasteiger partial charge in [-0.05, 0) is 43.4 Å². The number of hydrogen-bond acceptors (Lipinski definition) is 2. The molecule has 2 N–H and O–H groups in total. The quantitative estimate of drug-likeness (QED) is 0.494. The van der Waals surface area contributed by atoms with Crippen molar-refractivity contribution >= 4 is 5.91 Å². The predicted octanol–water partition coefficient (Wildman–Crippen LogP) is 4.01. The van der Waals surface area contributed by atoms with E-state index in [1.54, 1.807) is 0 Å². The summed E-state index contributed by atoms with van der Waals surface area (Å²) >= 11 is 0. The number of hydrogen-bond donors (Lipinski definition) is 1. The molecule has 0 aliphatic rings. The lowest BCUT2D eigenvalue weighted by atomic mass is 10.1. The lowest BCUT2D eigenvalue weighted by Gasteiger charge is -2.07. The predicted molar refractivity (Wildman–Crippen MR) is 87.4 cm³/mol. The van der Waals surface area contributed by atoms with E-state index in [-0.39, 0.29) is 12.3 Å². The summed E-state index contributed by atoms with van der Waals surface area (Å²) in [5.41, 5.74) is 6.09. The molecule has 21 heavy (non-hydrogen) atoms. The first-order valence-corrected chi connectivity index (χ1v) is 7.87. The smallest absolute Gasteiger partial charge is 0.221 e. The minimum absolute atomic E-state index is 0.264. The Balaban J connectivity index is 2.15. The molecule has 1 amide bonds. The SMILES string of the molecule is CCCC/C=C\CCCCOc1cccc(CC(N)=O)c1. The molecule has 0 heterocycles. The van der Waals surface area contributed by atoms with Crippen molar-refractivity contribution in [2.75, 3.05) is 6.61 Å². The molecule has 0 aliphatic carbocycles. The molecule has 0 radical (unpaired) electrons. The Morgan fingerprint density at radius 2 is 1.95 bits per heavy atom. The van der Waals surface area contributed by atoms with Crippen molar-refractivity contribution in [3.63, 3.8) is 0 Å². The zero-order chi connectivity index (χ0) is 15.3. The van der Waals surface area contributed by atoms with Crippen LogP contribution in [0.1, 0.15) is 51.0 Å². The molecule has 0 bridgehead atoms. The molecule has 3 heteroatoms. The first-order chi connectivity index (χ1) is 10.2. The number of amides is 1. The fourth-order valence-corrected chi connectivity index (χ4v) is 2.06. The molecule has 0 spiro atoms. The number of unbranched alkanes of at least 4 members (excludes halogenated alkanes) is 4. The van der Waals surface area contributed by atoms with E-state index in [2.05, 4.69) is 19.1 Å². The van der Waals surface area contributed by atoms with E-state index in [1.807, 2.05) is 24.3 Å². The lowest BCUT2D eigenvalue weighted by Crippen LogP contribution is -2.13. The molecule has 1 aromatic rings. The van der Waals surface area contributed by atoms with Gasteiger partial charge in [-0.2, -0.15) is 0 Å². The summed E-state index contributed by atoms with van der Waals surface area (Å²) in [5, 5.41) is 0. The summed E-state index contributed by atoms with van der Waals surface area (Å²) < 4.78 is 5.70. The Labute approximate surface area is 128 Å². The summed E-state index contributed by atoms with van der Waals surface area (Å²) in [6, 6.07) is 7.58. The molecule has 1 aromatic carbocycles. The molecule has 0 saturated heterocycles. The Bertz CT molecular complexity index is 441. The Kier molecular flexibility index (Phi) is 9.01. The first kappa shape index (κ1) is 17.3. The monoisotopic (exact) mass is 289 g/mol. The second kappa shape index (κ2) is 11.0. The van der Waals surface area contributed by atoms with Gasteiger partial charge in [0.1, 0.15) is 5.75 Å². The molecule has 0 aliphatic heterocycles. The summed E-state index contributed by atoms with van der Waals surface area (Å²) in [4.78, 5) is 10.9. The normalized spacial score (nSPS) is 10.9. The number of allylic oxidation sites excluding steroid dienone is 2. The molecule has 0 atom stereocenters. The number of nitrogens with two attached hydrogens (primary N) is 1. The number of ether oxygens (including phenoxy) is 1. The number of carbonyl (C=O) groups excluding carboxylic acids is 1. The molecular formula is C18H27NO2. The van der Waals surface area contributed by atoms with Gasteiger partial charge >= 0.3 is 0 Å². The number of rotatable bonds is 11. The fourth-order valence-electron chi connectivity index (χ4n) is 2.06. The highest BCUT2D eigenvalue weighted by Crippen LogP contribution is 2.14. The van der Waals surface area contributed by atoms with Gasteiger partial charge in [0.15, 0.2) is 0 Å². The van der Waals surface area contributed by atoms with Crippen molar-refractivity contribution < 1.29 is 9.53 Å².